The number of amidine groups is 1. The summed E-state index contributed by atoms with van der Waals surface area (Å²) in [6.07, 6.45) is 9.73. The lowest BCUT2D eigenvalue weighted by atomic mass is 9.75. The van der Waals surface area contributed by atoms with Crippen LogP contribution in [0.25, 0.3) is 11.1 Å². The van der Waals surface area contributed by atoms with Gasteiger partial charge in [-0.05, 0) is 56.9 Å². The number of nitrogens with two attached hydrogens (primary N) is 1. The molecule has 4 heteroatoms. The Morgan fingerprint density at radius 3 is 2.48 bits per heavy atom. The molecule has 4 rings (SSSR count). The van der Waals surface area contributed by atoms with Crippen LogP contribution in [0.15, 0.2) is 46.6 Å². The number of pyridine rings is 1. The van der Waals surface area contributed by atoms with Gasteiger partial charge in [-0.2, -0.15) is 0 Å². The van der Waals surface area contributed by atoms with E-state index in [4.69, 9.17) is 15.7 Å². The summed E-state index contributed by atoms with van der Waals surface area (Å²) in [7, 11) is 0. The number of aromatic nitrogens is 1. The first-order valence-corrected chi connectivity index (χ1v) is 10.4. The first kappa shape index (κ1) is 19.4. The molecule has 1 fully saturated rings. The number of nitrogens with zero attached hydrogens (tertiary/aromatic N) is 3. The van der Waals surface area contributed by atoms with Crippen LogP contribution in [0.5, 0.6) is 0 Å². The number of aliphatic imine (C=N–C) groups is 2. The monoisotopic (exact) mass is 384 g/mol. The third kappa shape index (κ3) is 3.58. The van der Waals surface area contributed by atoms with Gasteiger partial charge in [0.25, 0.3) is 0 Å². The minimum atomic E-state index is -0.594. The molecule has 1 aromatic heterocycles. The number of hydrogen-bond donors (Lipinski definition) is 1. The summed E-state index contributed by atoms with van der Waals surface area (Å²) in [4.78, 5) is 14.5. The van der Waals surface area contributed by atoms with Crippen molar-refractivity contribution in [2.45, 2.75) is 58.5 Å². The molecule has 29 heavy (non-hydrogen) atoms. The smallest absolute Gasteiger partial charge is 0.181 e. The molecule has 0 spiro atoms. The summed E-state index contributed by atoms with van der Waals surface area (Å²) >= 11 is 0. The lowest BCUT2D eigenvalue weighted by Gasteiger charge is -2.36. The number of benzene rings is 1. The average molecular weight is 385 g/mol. The highest BCUT2D eigenvalue weighted by atomic mass is 15.2. The van der Waals surface area contributed by atoms with Crippen LogP contribution in [-0.2, 0) is 5.66 Å². The zero-order valence-corrected chi connectivity index (χ0v) is 17.5. The Morgan fingerprint density at radius 1 is 1.00 bits per heavy atom. The van der Waals surface area contributed by atoms with Crippen molar-refractivity contribution < 1.29 is 0 Å². The summed E-state index contributed by atoms with van der Waals surface area (Å²) in [5.74, 6) is 7.00. The van der Waals surface area contributed by atoms with Gasteiger partial charge in [0.05, 0.1) is 5.71 Å². The molecule has 1 aliphatic heterocycles. The fraction of sp³-hybridized carbons (Fsp3) is 0.400. The molecule has 0 unspecified atom stereocenters. The van der Waals surface area contributed by atoms with Crippen LogP contribution in [-0.4, -0.2) is 16.5 Å². The Balaban J connectivity index is 1.85. The maximum Gasteiger partial charge on any atom is 0.181 e. The molecular formula is C25H28N4. The second kappa shape index (κ2) is 7.83. The van der Waals surface area contributed by atoms with Crippen molar-refractivity contribution in [3.05, 3.63) is 53.3 Å². The fourth-order valence-electron chi connectivity index (χ4n) is 4.64. The highest BCUT2D eigenvalue weighted by molar-refractivity contribution is 6.41. The molecule has 2 aromatic rings. The minimum Gasteiger partial charge on any atom is -0.382 e. The molecule has 1 aromatic carbocycles. The minimum absolute atomic E-state index is 0.386. The molecule has 0 radical (unpaired) electrons. The quantitative estimate of drug-likeness (QED) is 0.758. The highest BCUT2D eigenvalue weighted by Crippen LogP contribution is 2.47. The van der Waals surface area contributed by atoms with Crippen molar-refractivity contribution in [1.82, 2.24) is 4.98 Å². The molecule has 148 valence electrons. The van der Waals surface area contributed by atoms with Crippen LogP contribution in [0.4, 0.5) is 0 Å². The van der Waals surface area contributed by atoms with E-state index in [1.165, 1.54) is 24.8 Å². The lowest BCUT2D eigenvalue weighted by molar-refractivity contribution is 0.219. The zero-order valence-electron chi connectivity index (χ0n) is 17.5. The van der Waals surface area contributed by atoms with Crippen molar-refractivity contribution >= 4 is 11.5 Å². The number of aryl methyl sites for hydroxylation is 1. The molecule has 0 saturated heterocycles. The van der Waals surface area contributed by atoms with Gasteiger partial charge in [0.1, 0.15) is 5.84 Å². The SMILES string of the molecule is CC#Cc1cncc(-c2ccc(C)c([C@]3(C4CCCCC4)N=C(C)C(N)=N3)c2)c1. The Morgan fingerprint density at radius 2 is 1.79 bits per heavy atom. The predicted molar refractivity (Wildman–Crippen MR) is 120 cm³/mol. The van der Waals surface area contributed by atoms with E-state index < -0.39 is 5.66 Å². The van der Waals surface area contributed by atoms with Crippen molar-refractivity contribution in [2.75, 3.05) is 0 Å². The average Bonchev–Trinajstić information content (AvgIpc) is 3.05. The molecule has 1 saturated carbocycles. The molecule has 2 heterocycles. The normalized spacial score (nSPS) is 21.9. The molecule has 2 aliphatic rings. The van der Waals surface area contributed by atoms with Gasteiger partial charge in [-0.3, -0.25) is 9.98 Å². The van der Waals surface area contributed by atoms with Crippen molar-refractivity contribution in [2.24, 2.45) is 21.6 Å². The Hall–Kier alpha value is -2.93. The maximum atomic E-state index is 6.24. The van der Waals surface area contributed by atoms with Gasteiger partial charge < -0.3 is 5.73 Å². The molecule has 1 atom stereocenters. The van der Waals surface area contributed by atoms with Crippen LogP contribution in [0.3, 0.4) is 0 Å². The molecular weight excluding hydrogens is 356 g/mol. The molecule has 0 bridgehead atoms. The summed E-state index contributed by atoms with van der Waals surface area (Å²) in [6, 6.07) is 8.64. The van der Waals surface area contributed by atoms with Gasteiger partial charge in [0.15, 0.2) is 5.66 Å². The molecule has 4 nitrogen and oxygen atoms in total. The Bertz CT molecular complexity index is 1030. The first-order chi connectivity index (χ1) is 14.0. The lowest BCUT2D eigenvalue weighted by Crippen LogP contribution is -2.33. The van der Waals surface area contributed by atoms with E-state index in [1.54, 1.807) is 6.20 Å². The van der Waals surface area contributed by atoms with E-state index in [2.05, 4.69) is 48.0 Å². The van der Waals surface area contributed by atoms with E-state index in [9.17, 15) is 0 Å². The second-order valence-corrected chi connectivity index (χ2v) is 8.12. The van der Waals surface area contributed by atoms with Crippen molar-refractivity contribution in [1.29, 1.82) is 0 Å². The standard InChI is InChI=1S/C25H28N4/c1-4-8-19-13-21(16-27-15-19)20-12-11-17(2)23(14-20)25(22-9-6-5-7-10-22)28-18(3)24(26)29-25/h11-16,22H,5-7,9-10H2,1-3H3,(H2,26,29)/t25-/m1/s1. The number of rotatable bonds is 3. The van der Waals surface area contributed by atoms with Gasteiger partial charge in [-0.1, -0.05) is 37.3 Å². The third-order valence-electron chi connectivity index (χ3n) is 6.15. The van der Waals surface area contributed by atoms with E-state index in [1.807, 2.05) is 20.0 Å². The Kier molecular flexibility index (Phi) is 5.24. The topological polar surface area (TPSA) is 63.6 Å². The summed E-state index contributed by atoms with van der Waals surface area (Å²) in [5.41, 5.74) is 12.0. The van der Waals surface area contributed by atoms with Gasteiger partial charge in [0, 0.05) is 35.0 Å². The predicted octanol–water partition coefficient (Wildman–Crippen LogP) is 4.99. The zero-order chi connectivity index (χ0) is 20.4. The Labute approximate surface area is 173 Å². The van der Waals surface area contributed by atoms with Crippen LogP contribution >= 0.6 is 0 Å². The van der Waals surface area contributed by atoms with Crippen molar-refractivity contribution in [3.63, 3.8) is 0 Å². The van der Waals surface area contributed by atoms with Gasteiger partial charge in [-0.25, -0.2) is 4.99 Å². The van der Waals surface area contributed by atoms with E-state index in [-0.39, 0.29) is 0 Å². The van der Waals surface area contributed by atoms with Crippen LogP contribution < -0.4 is 5.73 Å². The van der Waals surface area contributed by atoms with Gasteiger partial charge in [0.2, 0.25) is 0 Å². The van der Waals surface area contributed by atoms with Gasteiger partial charge in [-0.15, -0.1) is 5.92 Å². The van der Waals surface area contributed by atoms with Gasteiger partial charge >= 0.3 is 0 Å². The largest absolute Gasteiger partial charge is 0.382 e. The summed E-state index contributed by atoms with van der Waals surface area (Å²) in [5, 5.41) is 0. The summed E-state index contributed by atoms with van der Waals surface area (Å²) in [6.45, 7) is 5.96. The highest BCUT2D eigenvalue weighted by Gasteiger charge is 2.44. The first-order valence-electron chi connectivity index (χ1n) is 10.4. The number of hydrogen-bond acceptors (Lipinski definition) is 4. The summed E-state index contributed by atoms with van der Waals surface area (Å²) < 4.78 is 0. The van der Waals surface area contributed by atoms with E-state index >= 15 is 0 Å². The second-order valence-electron chi connectivity index (χ2n) is 8.12. The molecule has 0 amide bonds. The van der Waals surface area contributed by atoms with E-state index in [0.29, 0.717) is 11.8 Å². The molecule has 2 N–H and O–H groups in total. The van der Waals surface area contributed by atoms with Crippen LogP contribution in [0.1, 0.15) is 62.6 Å². The fourth-order valence-corrected chi connectivity index (χ4v) is 4.64. The maximum absolute atomic E-state index is 6.24. The third-order valence-corrected chi connectivity index (χ3v) is 6.15. The van der Waals surface area contributed by atoms with E-state index in [0.717, 1.165) is 40.8 Å². The molecule has 1 aliphatic carbocycles. The van der Waals surface area contributed by atoms with Crippen LogP contribution in [0.2, 0.25) is 0 Å². The van der Waals surface area contributed by atoms with Crippen molar-refractivity contribution in [3.8, 4) is 23.0 Å². The van der Waals surface area contributed by atoms with Crippen LogP contribution in [0, 0.1) is 24.7 Å².